The first-order valence-corrected chi connectivity index (χ1v) is 12.8. The van der Waals surface area contributed by atoms with Crippen LogP contribution in [0.15, 0.2) is 53.4 Å². The summed E-state index contributed by atoms with van der Waals surface area (Å²) >= 11 is 0. The zero-order valence-corrected chi connectivity index (χ0v) is 20.1. The summed E-state index contributed by atoms with van der Waals surface area (Å²) in [5.41, 5.74) is 2.74. The van der Waals surface area contributed by atoms with Gasteiger partial charge in [-0.2, -0.15) is 4.31 Å². The highest BCUT2D eigenvalue weighted by Crippen LogP contribution is 2.35. The molecule has 0 bridgehead atoms. The van der Waals surface area contributed by atoms with E-state index in [-0.39, 0.29) is 36.4 Å². The summed E-state index contributed by atoms with van der Waals surface area (Å²) in [5, 5.41) is 9.43. The lowest BCUT2D eigenvalue weighted by molar-refractivity contribution is -0.133. The first-order valence-electron chi connectivity index (χ1n) is 11.3. The van der Waals surface area contributed by atoms with E-state index in [2.05, 4.69) is 11.8 Å². The number of carbonyl (C=O) groups is 2. The zero-order chi connectivity index (χ0) is 25.0. The van der Waals surface area contributed by atoms with E-state index in [0.29, 0.717) is 17.0 Å². The number of ether oxygens (including phenoxy) is 1. The van der Waals surface area contributed by atoms with E-state index < -0.39 is 22.0 Å². The number of nitrogens with zero attached hydrogens (tertiary/aromatic N) is 2. The summed E-state index contributed by atoms with van der Waals surface area (Å²) < 4.78 is 33.9. The summed E-state index contributed by atoms with van der Waals surface area (Å²) in [4.78, 5) is 27.5. The Hall–Kier alpha value is -3.39. The lowest BCUT2D eigenvalue weighted by Gasteiger charge is -2.33. The van der Waals surface area contributed by atoms with Crippen LogP contribution < -0.4 is 15.1 Å². The Morgan fingerprint density at radius 3 is 2.49 bits per heavy atom. The molecule has 1 aliphatic carbocycles. The zero-order valence-electron chi connectivity index (χ0n) is 19.3. The van der Waals surface area contributed by atoms with Crippen molar-refractivity contribution in [3.63, 3.8) is 0 Å². The number of hydroxylamine groups is 1. The average Bonchev–Trinajstić information content (AvgIpc) is 3.01. The van der Waals surface area contributed by atoms with Gasteiger partial charge in [-0.25, -0.2) is 13.9 Å². The topological polar surface area (TPSA) is 116 Å². The predicted molar refractivity (Wildman–Crippen MR) is 128 cm³/mol. The number of hydrogen-bond acceptors (Lipinski definition) is 6. The third kappa shape index (κ3) is 5.03. The third-order valence-electron chi connectivity index (χ3n) is 6.36. The Balaban J connectivity index is 1.71. The van der Waals surface area contributed by atoms with Crippen LogP contribution in [0.5, 0.6) is 5.75 Å². The van der Waals surface area contributed by atoms with Crippen molar-refractivity contribution in [1.82, 2.24) is 9.79 Å². The summed E-state index contributed by atoms with van der Waals surface area (Å²) in [7, 11) is -4.20. The standard InChI is InChI=1S/C25H27N3O6S/c1-2-3-15-34-20-11-13-21(14-12-20)35(32,33)28-16-19-7-4-5-10-22(19)27(17-23(28)24(29)26-31)25(30)18-8-6-9-18/h4-5,7,10-14,18,23,31H,6,8-9,15-17H2,1H3,(H,26,29). The Bertz CT molecular complexity index is 1260. The van der Waals surface area contributed by atoms with Crippen molar-refractivity contribution >= 4 is 27.5 Å². The maximum atomic E-state index is 13.7. The molecule has 2 N–H and O–H groups in total. The smallest absolute Gasteiger partial charge is 0.263 e. The predicted octanol–water partition coefficient (Wildman–Crippen LogP) is 2.30. The summed E-state index contributed by atoms with van der Waals surface area (Å²) in [6, 6.07) is 11.5. The number of fused-ring (bicyclic) bond motifs is 1. The number of para-hydroxylation sites is 1. The molecule has 35 heavy (non-hydrogen) atoms. The van der Waals surface area contributed by atoms with Gasteiger partial charge in [-0.3, -0.25) is 14.8 Å². The van der Waals surface area contributed by atoms with Crippen LogP contribution in [-0.4, -0.2) is 48.9 Å². The third-order valence-corrected chi connectivity index (χ3v) is 8.23. The highest BCUT2D eigenvalue weighted by Gasteiger charge is 2.43. The van der Waals surface area contributed by atoms with Crippen molar-refractivity contribution in [2.45, 2.75) is 43.7 Å². The van der Waals surface area contributed by atoms with Gasteiger partial charge < -0.3 is 9.64 Å². The van der Waals surface area contributed by atoms with E-state index in [0.717, 1.165) is 23.6 Å². The molecule has 0 spiro atoms. The molecular weight excluding hydrogens is 470 g/mol. The fourth-order valence-electron chi connectivity index (χ4n) is 4.21. The molecule has 1 aliphatic heterocycles. The van der Waals surface area contributed by atoms with Gasteiger partial charge in [-0.15, -0.1) is 5.92 Å². The van der Waals surface area contributed by atoms with Gasteiger partial charge in [0.05, 0.1) is 11.4 Å². The normalized spacial score (nSPS) is 18.3. The fraction of sp³-hybridized carbons (Fsp3) is 0.360. The van der Waals surface area contributed by atoms with Crippen molar-refractivity contribution in [1.29, 1.82) is 0 Å². The van der Waals surface area contributed by atoms with Gasteiger partial charge in [0.15, 0.2) is 0 Å². The highest BCUT2D eigenvalue weighted by molar-refractivity contribution is 7.89. The molecule has 0 saturated heterocycles. The van der Waals surface area contributed by atoms with E-state index >= 15 is 0 Å². The van der Waals surface area contributed by atoms with Gasteiger partial charge in [0.1, 0.15) is 18.4 Å². The molecule has 4 rings (SSSR count). The molecule has 1 saturated carbocycles. The molecule has 2 aromatic rings. The average molecular weight is 498 g/mol. The molecular formula is C25H27N3O6S. The molecule has 2 aliphatic rings. The number of amides is 2. The molecule has 184 valence electrons. The summed E-state index contributed by atoms with van der Waals surface area (Å²) in [6.45, 7) is 1.51. The van der Waals surface area contributed by atoms with Crippen LogP contribution in [0.25, 0.3) is 0 Å². The highest BCUT2D eigenvalue weighted by atomic mass is 32.2. The molecule has 0 aromatic heterocycles. The molecule has 1 unspecified atom stereocenters. The second kappa shape index (κ2) is 10.5. The lowest BCUT2D eigenvalue weighted by atomic mass is 9.84. The molecule has 9 nitrogen and oxygen atoms in total. The van der Waals surface area contributed by atoms with E-state index in [1.54, 1.807) is 36.7 Å². The fourth-order valence-corrected chi connectivity index (χ4v) is 5.77. The first kappa shape index (κ1) is 24.7. The summed E-state index contributed by atoms with van der Waals surface area (Å²) in [6.07, 6.45) is 2.47. The number of anilines is 1. The van der Waals surface area contributed by atoms with Crippen LogP contribution in [0.3, 0.4) is 0 Å². The minimum absolute atomic E-state index is 0.0431. The van der Waals surface area contributed by atoms with Crippen LogP contribution in [0.2, 0.25) is 0 Å². The number of sulfonamides is 1. The SMILES string of the molecule is CC#CCOc1ccc(S(=O)(=O)N2Cc3ccccc3N(C(=O)C3CCC3)CC2C(=O)NO)cc1. The molecule has 0 radical (unpaired) electrons. The number of nitrogens with one attached hydrogen (secondary N) is 1. The largest absolute Gasteiger partial charge is 0.481 e. The molecule has 1 fully saturated rings. The maximum absolute atomic E-state index is 13.7. The van der Waals surface area contributed by atoms with E-state index in [9.17, 15) is 23.2 Å². The van der Waals surface area contributed by atoms with Gasteiger partial charge in [0.2, 0.25) is 15.9 Å². The van der Waals surface area contributed by atoms with Gasteiger partial charge >= 0.3 is 0 Å². The van der Waals surface area contributed by atoms with Gasteiger partial charge in [0.25, 0.3) is 5.91 Å². The summed E-state index contributed by atoms with van der Waals surface area (Å²) in [5.74, 6) is 4.72. The maximum Gasteiger partial charge on any atom is 0.263 e. The Kier molecular flexibility index (Phi) is 7.40. The van der Waals surface area contributed by atoms with E-state index in [4.69, 9.17) is 4.74 Å². The molecule has 1 atom stereocenters. The van der Waals surface area contributed by atoms with Crippen LogP contribution in [0.4, 0.5) is 5.69 Å². The Morgan fingerprint density at radius 2 is 1.86 bits per heavy atom. The van der Waals surface area contributed by atoms with Crippen molar-refractivity contribution in [3.8, 4) is 17.6 Å². The lowest BCUT2D eigenvalue weighted by Crippen LogP contribution is -2.54. The number of hydrogen-bond donors (Lipinski definition) is 2. The second-order valence-electron chi connectivity index (χ2n) is 8.43. The van der Waals surface area contributed by atoms with Crippen LogP contribution in [0, 0.1) is 17.8 Å². The van der Waals surface area contributed by atoms with E-state index in [1.165, 1.54) is 29.2 Å². The van der Waals surface area contributed by atoms with Crippen molar-refractivity contribution in [2.24, 2.45) is 5.92 Å². The van der Waals surface area contributed by atoms with Gasteiger partial charge in [-0.05, 0) is 55.7 Å². The number of carbonyl (C=O) groups excluding carboxylic acids is 2. The first-order chi connectivity index (χ1) is 16.9. The minimum Gasteiger partial charge on any atom is -0.481 e. The quantitative estimate of drug-likeness (QED) is 0.359. The van der Waals surface area contributed by atoms with Crippen molar-refractivity contribution in [3.05, 3.63) is 54.1 Å². The molecule has 2 aromatic carbocycles. The Labute approximate surface area is 204 Å². The molecule has 2 amide bonds. The minimum atomic E-state index is -4.20. The van der Waals surface area contributed by atoms with Crippen LogP contribution >= 0.6 is 0 Å². The van der Waals surface area contributed by atoms with Crippen LogP contribution in [-0.2, 0) is 26.2 Å². The monoisotopic (exact) mass is 497 g/mol. The molecule has 10 heteroatoms. The van der Waals surface area contributed by atoms with Crippen molar-refractivity contribution in [2.75, 3.05) is 18.1 Å². The number of rotatable bonds is 6. The van der Waals surface area contributed by atoms with Crippen LogP contribution in [0.1, 0.15) is 31.7 Å². The van der Waals surface area contributed by atoms with E-state index in [1.807, 2.05) is 0 Å². The second-order valence-corrected chi connectivity index (χ2v) is 10.3. The van der Waals surface area contributed by atoms with Gasteiger partial charge in [0, 0.05) is 18.2 Å². The number of benzene rings is 2. The van der Waals surface area contributed by atoms with Crippen molar-refractivity contribution < 1.29 is 28.0 Å². The molecule has 1 heterocycles. The Morgan fingerprint density at radius 1 is 1.14 bits per heavy atom. The van der Waals surface area contributed by atoms with Gasteiger partial charge in [-0.1, -0.05) is 30.5 Å².